The lowest BCUT2D eigenvalue weighted by Crippen LogP contribution is -2.37. The van der Waals surface area contributed by atoms with E-state index in [1.807, 2.05) is 0 Å². The number of nitrogens with zero attached hydrogens (tertiary/aromatic N) is 1. The van der Waals surface area contributed by atoms with Crippen LogP contribution in [-0.2, 0) is 0 Å². The van der Waals surface area contributed by atoms with Gasteiger partial charge in [0.15, 0.2) is 0 Å². The van der Waals surface area contributed by atoms with Gasteiger partial charge in [0.1, 0.15) is 0 Å². The van der Waals surface area contributed by atoms with Crippen molar-refractivity contribution in [2.75, 3.05) is 26.2 Å². The van der Waals surface area contributed by atoms with E-state index in [0.29, 0.717) is 0 Å². The molecule has 16 heavy (non-hydrogen) atoms. The molecule has 2 aliphatic carbocycles. The van der Waals surface area contributed by atoms with Crippen molar-refractivity contribution in [2.24, 2.45) is 5.92 Å². The molecule has 2 nitrogen and oxygen atoms in total. The van der Waals surface area contributed by atoms with Crippen LogP contribution in [0, 0.1) is 5.92 Å². The van der Waals surface area contributed by atoms with Crippen molar-refractivity contribution in [2.45, 2.75) is 57.9 Å². The van der Waals surface area contributed by atoms with Gasteiger partial charge in [0, 0.05) is 25.7 Å². The summed E-state index contributed by atoms with van der Waals surface area (Å²) in [6.07, 6.45) is 9.98. The third-order valence-electron chi connectivity index (χ3n) is 3.97. The molecule has 0 atom stereocenters. The normalized spacial score (nSPS) is 22.1. The van der Waals surface area contributed by atoms with Gasteiger partial charge in [0.25, 0.3) is 0 Å². The fraction of sp³-hybridized carbons (Fsp3) is 1.00. The second-order valence-electron chi connectivity index (χ2n) is 5.68. The lowest BCUT2D eigenvalue weighted by molar-refractivity contribution is 0.259. The Hall–Kier alpha value is -0.0800. The van der Waals surface area contributed by atoms with Crippen molar-refractivity contribution in [1.82, 2.24) is 10.2 Å². The predicted octanol–water partition coefficient (Wildman–Crippen LogP) is 2.64. The minimum absolute atomic E-state index is 0.837. The molecule has 0 unspecified atom stereocenters. The molecule has 0 saturated heterocycles. The van der Waals surface area contributed by atoms with Crippen LogP contribution in [0.3, 0.4) is 0 Å². The Balaban J connectivity index is 1.56. The summed E-state index contributed by atoms with van der Waals surface area (Å²) in [6.45, 7) is 7.42. The molecule has 0 spiro atoms. The van der Waals surface area contributed by atoms with Crippen LogP contribution in [-0.4, -0.2) is 37.1 Å². The summed E-state index contributed by atoms with van der Waals surface area (Å²) in [4.78, 5) is 2.67. The second kappa shape index (κ2) is 6.61. The largest absolute Gasteiger partial charge is 0.313 e. The number of rotatable bonds is 8. The molecule has 0 aromatic carbocycles. The standard InChI is InChI=1S/C14H28N2/c1-2-10-16(12-13-7-8-13)11-9-15-14-5-3-4-6-14/h13-15H,2-12H2,1H3. The SMILES string of the molecule is CCCN(CCNC1CCCC1)CC1CC1. The monoisotopic (exact) mass is 224 g/mol. The van der Waals surface area contributed by atoms with E-state index in [2.05, 4.69) is 17.1 Å². The third kappa shape index (κ3) is 4.42. The molecule has 0 aromatic heterocycles. The molecule has 0 heterocycles. The van der Waals surface area contributed by atoms with Gasteiger partial charge >= 0.3 is 0 Å². The van der Waals surface area contributed by atoms with E-state index in [9.17, 15) is 0 Å². The fourth-order valence-electron chi connectivity index (χ4n) is 2.83. The lowest BCUT2D eigenvalue weighted by Gasteiger charge is -2.22. The highest BCUT2D eigenvalue weighted by molar-refractivity contribution is 4.78. The molecule has 0 radical (unpaired) electrons. The Morgan fingerprint density at radius 1 is 1.06 bits per heavy atom. The average Bonchev–Trinajstić information content (AvgIpc) is 2.93. The average molecular weight is 224 g/mol. The summed E-state index contributed by atoms with van der Waals surface area (Å²) in [7, 11) is 0. The second-order valence-corrected chi connectivity index (χ2v) is 5.68. The highest BCUT2D eigenvalue weighted by atomic mass is 15.1. The number of hydrogen-bond donors (Lipinski definition) is 1. The maximum Gasteiger partial charge on any atom is 0.0107 e. The van der Waals surface area contributed by atoms with Crippen molar-refractivity contribution in [3.8, 4) is 0 Å². The van der Waals surface area contributed by atoms with Gasteiger partial charge < -0.3 is 10.2 Å². The van der Waals surface area contributed by atoms with Crippen LogP contribution in [0.5, 0.6) is 0 Å². The van der Waals surface area contributed by atoms with E-state index in [1.54, 1.807) is 0 Å². The zero-order valence-electron chi connectivity index (χ0n) is 10.9. The molecule has 2 fully saturated rings. The summed E-state index contributed by atoms with van der Waals surface area (Å²) in [6, 6.07) is 0.837. The molecule has 2 aliphatic rings. The van der Waals surface area contributed by atoms with Gasteiger partial charge in [-0.3, -0.25) is 0 Å². The van der Waals surface area contributed by atoms with Gasteiger partial charge in [0.2, 0.25) is 0 Å². The Kier molecular flexibility index (Phi) is 5.11. The quantitative estimate of drug-likeness (QED) is 0.682. The van der Waals surface area contributed by atoms with Crippen LogP contribution < -0.4 is 5.32 Å². The summed E-state index contributed by atoms with van der Waals surface area (Å²) < 4.78 is 0. The maximum absolute atomic E-state index is 3.72. The van der Waals surface area contributed by atoms with E-state index in [-0.39, 0.29) is 0 Å². The van der Waals surface area contributed by atoms with Crippen molar-refractivity contribution in [3.63, 3.8) is 0 Å². The minimum atomic E-state index is 0.837. The van der Waals surface area contributed by atoms with Gasteiger partial charge in [-0.15, -0.1) is 0 Å². The lowest BCUT2D eigenvalue weighted by atomic mass is 10.2. The fourth-order valence-corrected chi connectivity index (χ4v) is 2.83. The number of nitrogens with one attached hydrogen (secondary N) is 1. The Bertz CT molecular complexity index is 183. The number of hydrogen-bond acceptors (Lipinski definition) is 2. The Morgan fingerprint density at radius 3 is 2.44 bits per heavy atom. The molecule has 0 amide bonds. The van der Waals surface area contributed by atoms with Gasteiger partial charge in [-0.1, -0.05) is 19.8 Å². The molecule has 0 aromatic rings. The third-order valence-corrected chi connectivity index (χ3v) is 3.97. The van der Waals surface area contributed by atoms with Crippen LogP contribution in [0.2, 0.25) is 0 Å². The molecule has 2 rings (SSSR count). The summed E-state index contributed by atoms with van der Waals surface area (Å²) in [5, 5.41) is 3.72. The molecule has 2 heteroatoms. The summed E-state index contributed by atoms with van der Waals surface area (Å²) >= 11 is 0. The van der Waals surface area contributed by atoms with Crippen molar-refractivity contribution < 1.29 is 0 Å². The first-order valence-corrected chi connectivity index (χ1v) is 7.34. The van der Waals surface area contributed by atoms with Crippen LogP contribution in [0.25, 0.3) is 0 Å². The first-order chi connectivity index (χ1) is 7.88. The molecular formula is C14H28N2. The summed E-state index contributed by atoms with van der Waals surface area (Å²) in [5.74, 6) is 1.04. The van der Waals surface area contributed by atoms with Crippen molar-refractivity contribution >= 4 is 0 Å². The summed E-state index contributed by atoms with van der Waals surface area (Å²) in [5.41, 5.74) is 0. The minimum Gasteiger partial charge on any atom is -0.313 e. The van der Waals surface area contributed by atoms with Gasteiger partial charge in [0.05, 0.1) is 0 Å². The van der Waals surface area contributed by atoms with E-state index in [4.69, 9.17) is 0 Å². The molecule has 1 N–H and O–H groups in total. The molecule has 2 saturated carbocycles. The van der Waals surface area contributed by atoms with E-state index >= 15 is 0 Å². The molecule has 0 bridgehead atoms. The smallest absolute Gasteiger partial charge is 0.0107 e. The molecule has 94 valence electrons. The van der Waals surface area contributed by atoms with Gasteiger partial charge in [-0.2, -0.15) is 0 Å². The first-order valence-electron chi connectivity index (χ1n) is 7.34. The van der Waals surface area contributed by atoms with Crippen LogP contribution in [0.1, 0.15) is 51.9 Å². The topological polar surface area (TPSA) is 15.3 Å². The van der Waals surface area contributed by atoms with Crippen LogP contribution in [0.4, 0.5) is 0 Å². The van der Waals surface area contributed by atoms with Gasteiger partial charge in [-0.05, 0) is 44.6 Å². The zero-order valence-corrected chi connectivity index (χ0v) is 10.9. The maximum atomic E-state index is 3.72. The van der Waals surface area contributed by atoms with Crippen LogP contribution >= 0.6 is 0 Å². The first kappa shape index (κ1) is 12.4. The predicted molar refractivity (Wildman–Crippen MR) is 69.7 cm³/mol. The Morgan fingerprint density at radius 2 is 1.81 bits per heavy atom. The van der Waals surface area contributed by atoms with E-state index in [1.165, 1.54) is 71.1 Å². The Labute approximate surface area is 101 Å². The molecule has 0 aliphatic heterocycles. The highest BCUT2D eigenvalue weighted by Crippen LogP contribution is 2.29. The zero-order chi connectivity index (χ0) is 11.2. The molecular weight excluding hydrogens is 196 g/mol. The van der Waals surface area contributed by atoms with E-state index < -0.39 is 0 Å². The van der Waals surface area contributed by atoms with Crippen molar-refractivity contribution in [3.05, 3.63) is 0 Å². The van der Waals surface area contributed by atoms with Gasteiger partial charge in [-0.25, -0.2) is 0 Å². The van der Waals surface area contributed by atoms with E-state index in [0.717, 1.165) is 12.0 Å². The van der Waals surface area contributed by atoms with Crippen LogP contribution in [0.15, 0.2) is 0 Å². The van der Waals surface area contributed by atoms with Crippen molar-refractivity contribution in [1.29, 1.82) is 0 Å². The highest BCUT2D eigenvalue weighted by Gasteiger charge is 2.23.